The molecule has 0 aromatic carbocycles. The Morgan fingerprint density at radius 3 is 2.45 bits per heavy atom. The van der Waals surface area contributed by atoms with Crippen LogP contribution in [0.15, 0.2) is 16.5 Å². The number of ether oxygens (including phenoxy) is 1. The standard InChI is InChI=1S/C15H23NO4/c1-6-19-14(18)12(15(3,4)5)13(17)16-9-11-8-7-10(2)20-11/h7-8,12H,6,9H2,1-5H3,(H,16,17). The zero-order chi connectivity index (χ0) is 15.3. The number of carbonyl (C=O) groups is 2. The topological polar surface area (TPSA) is 68.5 Å². The molecule has 0 bridgehead atoms. The number of carbonyl (C=O) groups excluding carboxylic acids is 2. The molecule has 5 heteroatoms. The fraction of sp³-hybridized carbons (Fsp3) is 0.600. The predicted octanol–water partition coefficient (Wildman–Crippen LogP) is 2.43. The largest absolute Gasteiger partial charge is 0.465 e. The van der Waals surface area contributed by atoms with Crippen LogP contribution in [0.4, 0.5) is 0 Å². The van der Waals surface area contributed by atoms with E-state index in [0.29, 0.717) is 5.76 Å². The molecule has 20 heavy (non-hydrogen) atoms. The molecule has 0 saturated carbocycles. The second-order valence-electron chi connectivity index (χ2n) is 5.78. The Morgan fingerprint density at radius 1 is 1.35 bits per heavy atom. The Balaban J connectivity index is 2.71. The predicted molar refractivity (Wildman–Crippen MR) is 74.9 cm³/mol. The van der Waals surface area contributed by atoms with Crippen LogP contribution >= 0.6 is 0 Å². The van der Waals surface area contributed by atoms with Crippen molar-refractivity contribution in [2.24, 2.45) is 11.3 Å². The average Bonchev–Trinajstić information content (AvgIpc) is 2.71. The lowest BCUT2D eigenvalue weighted by molar-refractivity contribution is -0.156. The number of rotatable bonds is 5. The van der Waals surface area contributed by atoms with Crippen LogP contribution in [0.2, 0.25) is 0 Å². The Morgan fingerprint density at radius 2 is 2.00 bits per heavy atom. The summed E-state index contributed by atoms with van der Waals surface area (Å²) >= 11 is 0. The van der Waals surface area contributed by atoms with E-state index in [1.807, 2.05) is 33.8 Å². The Labute approximate surface area is 119 Å². The molecule has 0 radical (unpaired) electrons. The summed E-state index contributed by atoms with van der Waals surface area (Å²) in [6.07, 6.45) is 0. The van der Waals surface area contributed by atoms with Crippen LogP contribution in [0.1, 0.15) is 39.2 Å². The van der Waals surface area contributed by atoms with Crippen LogP contribution in [0, 0.1) is 18.3 Å². The van der Waals surface area contributed by atoms with Gasteiger partial charge in [0.1, 0.15) is 17.4 Å². The first-order valence-corrected chi connectivity index (χ1v) is 6.75. The lowest BCUT2D eigenvalue weighted by atomic mass is 9.80. The molecule has 0 spiro atoms. The van der Waals surface area contributed by atoms with Crippen LogP contribution < -0.4 is 5.32 Å². The lowest BCUT2D eigenvalue weighted by Crippen LogP contribution is -2.43. The summed E-state index contributed by atoms with van der Waals surface area (Å²) in [6, 6.07) is 3.63. The van der Waals surface area contributed by atoms with Crippen molar-refractivity contribution >= 4 is 11.9 Å². The molecule has 1 unspecified atom stereocenters. The maximum atomic E-state index is 12.2. The molecule has 0 aliphatic heterocycles. The van der Waals surface area contributed by atoms with Gasteiger partial charge in [0.05, 0.1) is 13.2 Å². The van der Waals surface area contributed by atoms with Gasteiger partial charge in [-0.25, -0.2) is 0 Å². The van der Waals surface area contributed by atoms with E-state index >= 15 is 0 Å². The number of amides is 1. The van der Waals surface area contributed by atoms with E-state index in [4.69, 9.17) is 9.15 Å². The zero-order valence-corrected chi connectivity index (χ0v) is 12.8. The second kappa shape index (κ2) is 6.59. The minimum Gasteiger partial charge on any atom is -0.465 e. The van der Waals surface area contributed by atoms with Crippen LogP contribution in [0.5, 0.6) is 0 Å². The van der Waals surface area contributed by atoms with Crippen molar-refractivity contribution in [1.82, 2.24) is 5.32 Å². The van der Waals surface area contributed by atoms with Gasteiger partial charge in [-0.15, -0.1) is 0 Å². The molecule has 1 atom stereocenters. The molecule has 1 aromatic heterocycles. The Kier molecular flexibility index (Phi) is 5.36. The van der Waals surface area contributed by atoms with E-state index in [-0.39, 0.29) is 19.1 Å². The monoisotopic (exact) mass is 281 g/mol. The molecule has 1 aromatic rings. The Bertz CT molecular complexity index is 470. The van der Waals surface area contributed by atoms with Crippen molar-refractivity contribution in [2.75, 3.05) is 6.61 Å². The smallest absolute Gasteiger partial charge is 0.319 e. The molecule has 1 rings (SSSR count). The maximum Gasteiger partial charge on any atom is 0.319 e. The quantitative estimate of drug-likeness (QED) is 0.665. The van der Waals surface area contributed by atoms with E-state index in [0.717, 1.165) is 5.76 Å². The van der Waals surface area contributed by atoms with Gasteiger partial charge in [-0.05, 0) is 31.4 Å². The highest BCUT2D eigenvalue weighted by molar-refractivity contribution is 5.98. The Hall–Kier alpha value is -1.78. The van der Waals surface area contributed by atoms with Gasteiger partial charge in [-0.1, -0.05) is 20.8 Å². The number of esters is 1. The molecule has 1 heterocycles. The van der Waals surface area contributed by atoms with E-state index in [1.54, 1.807) is 13.0 Å². The molecule has 0 saturated heterocycles. The molecule has 0 aliphatic carbocycles. The van der Waals surface area contributed by atoms with E-state index in [1.165, 1.54) is 0 Å². The average molecular weight is 281 g/mol. The summed E-state index contributed by atoms with van der Waals surface area (Å²) in [5, 5.41) is 2.72. The lowest BCUT2D eigenvalue weighted by Gasteiger charge is -2.27. The minimum atomic E-state index is -0.835. The fourth-order valence-electron chi connectivity index (χ4n) is 1.94. The second-order valence-corrected chi connectivity index (χ2v) is 5.78. The van der Waals surface area contributed by atoms with Crippen LogP contribution in [0.3, 0.4) is 0 Å². The van der Waals surface area contributed by atoms with Crippen molar-refractivity contribution in [2.45, 2.75) is 41.2 Å². The van der Waals surface area contributed by atoms with Crippen molar-refractivity contribution in [3.05, 3.63) is 23.7 Å². The fourth-order valence-corrected chi connectivity index (χ4v) is 1.94. The highest BCUT2D eigenvalue weighted by Gasteiger charge is 2.38. The molecular formula is C15H23NO4. The van der Waals surface area contributed by atoms with Crippen LogP contribution in [-0.2, 0) is 20.9 Å². The zero-order valence-electron chi connectivity index (χ0n) is 12.8. The highest BCUT2D eigenvalue weighted by atomic mass is 16.5. The maximum absolute atomic E-state index is 12.2. The summed E-state index contributed by atoms with van der Waals surface area (Å²) in [5.74, 6) is -0.226. The summed E-state index contributed by atoms with van der Waals surface area (Å²) in [7, 11) is 0. The van der Waals surface area contributed by atoms with Gasteiger partial charge in [0, 0.05) is 0 Å². The number of nitrogens with one attached hydrogen (secondary N) is 1. The van der Waals surface area contributed by atoms with Crippen molar-refractivity contribution in [3.8, 4) is 0 Å². The third kappa shape index (κ3) is 4.40. The number of aryl methyl sites for hydroxylation is 1. The van der Waals surface area contributed by atoms with E-state index in [2.05, 4.69) is 5.32 Å². The van der Waals surface area contributed by atoms with Gasteiger partial charge in [-0.3, -0.25) is 9.59 Å². The first-order valence-electron chi connectivity index (χ1n) is 6.75. The molecule has 1 amide bonds. The number of furan rings is 1. The summed E-state index contributed by atoms with van der Waals surface area (Å²) in [4.78, 5) is 24.2. The summed E-state index contributed by atoms with van der Waals surface area (Å²) in [6.45, 7) is 9.60. The van der Waals surface area contributed by atoms with Gasteiger partial charge in [0.2, 0.25) is 5.91 Å². The molecular weight excluding hydrogens is 258 g/mol. The molecule has 112 valence electrons. The summed E-state index contributed by atoms with van der Waals surface area (Å²) in [5.41, 5.74) is -0.505. The number of hydrogen-bond donors (Lipinski definition) is 1. The molecule has 5 nitrogen and oxygen atoms in total. The van der Waals surface area contributed by atoms with E-state index in [9.17, 15) is 9.59 Å². The van der Waals surface area contributed by atoms with Crippen molar-refractivity contribution in [1.29, 1.82) is 0 Å². The first-order chi connectivity index (χ1) is 9.25. The third-order valence-corrected chi connectivity index (χ3v) is 2.88. The van der Waals surface area contributed by atoms with Gasteiger partial charge in [-0.2, -0.15) is 0 Å². The van der Waals surface area contributed by atoms with Gasteiger partial charge in [0.15, 0.2) is 0 Å². The molecule has 1 N–H and O–H groups in total. The van der Waals surface area contributed by atoms with Crippen LogP contribution in [0.25, 0.3) is 0 Å². The SMILES string of the molecule is CCOC(=O)C(C(=O)NCc1ccc(C)o1)C(C)(C)C. The number of hydrogen-bond acceptors (Lipinski definition) is 4. The van der Waals surface area contributed by atoms with E-state index < -0.39 is 17.3 Å². The summed E-state index contributed by atoms with van der Waals surface area (Å²) < 4.78 is 10.4. The van der Waals surface area contributed by atoms with Gasteiger partial charge < -0.3 is 14.5 Å². The normalized spacial score (nSPS) is 12.8. The van der Waals surface area contributed by atoms with Crippen LogP contribution in [-0.4, -0.2) is 18.5 Å². The van der Waals surface area contributed by atoms with Gasteiger partial charge in [0.25, 0.3) is 0 Å². The van der Waals surface area contributed by atoms with Crippen molar-refractivity contribution < 1.29 is 18.7 Å². The molecule has 0 aliphatic rings. The first kappa shape index (κ1) is 16.3. The third-order valence-electron chi connectivity index (χ3n) is 2.88. The minimum absolute atomic E-state index is 0.260. The van der Waals surface area contributed by atoms with Gasteiger partial charge >= 0.3 is 5.97 Å². The highest BCUT2D eigenvalue weighted by Crippen LogP contribution is 2.27. The van der Waals surface area contributed by atoms with Crippen molar-refractivity contribution in [3.63, 3.8) is 0 Å². The molecule has 0 fully saturated rings.